The first-order chi connectivity index (χ1) is 16.6. The molecule has 4 heterocycles. The highest BCUT2D eigenvalue weighted by Crippen LogP contribution is 2.33. The van der Waals surface area contributed by atoms with Gasteiger partial charge in [-0.3, -0.25) is 15.0 Å². The fraction of sp³-hybridized carbons (Fsp3) is 0.619. The number of hydrogen-bond donors (Lipinski definition) is 1. The highest BCUT2D eigenvalue weighted by Gasteiger charge is 2.41. The lowest BCUT2D eigenvalue weighted by Crippen LogP contribution is -2.52. The second kappa shape index (κ2) is 10.2. The van der Waals surface area contributed by atoms with Crippen LogP contribution in [-0.2, 0) is 25.7 Å². The van der Waals surface area contributed by atoms with Crippen LogP contribution < -0.4 is 10.2 Å². The van der Waals surface area contributed by atoms with Gasteiger partial charge in [0.2, 0.25) is 0 Å². The van der Waals surface area contributed by atoms with E-state index in [4.69, 9.17) is 0 Å². The number of anilines is 1. The maximum atomic E-state index is 12.7. The van der Waals surface area contributed by atoms with Crippen molar-refractivity contribution in [2.24, 2.45) is 7.05 Å². The highest BCUT2D eigenvalue weighted by molar-refractivity contribution is 5.32. The Balaban J connectivity index is 1.53. The van der Waals surface area contributed by atoms with Crippen molar-refractivity contribution in [1.29, 1.82) is 0 Å². The van der Waals surface area contributed by atoms with Gasteiger partial charge in [0.25, 0.3) is 0 Å². The van der Waals surface area contributed by atoms with Crippen LogP contribution in [0.2, 0.25) is 0 Å². The molecule has 11 nitrogen and oxygen atoms in total. The number of nitrogens with one attached hydrogen (secondary N) is 1. The van der Waals surface area contributed by atoms with Gasteiger partial charge in [-0.1, -0.05) is 0 Å². The summed E-state index contributed by atoms with van der Waals surface area (Å²) in [6, 6.07) is 0. The molecule has 0 unspecified atom stereocenters. The van der Waals surface area contributed by atoms with Crippen molar-refractivity contribution in [1.82, 2.24) is 50.2 Å². The minimum Gasteiger partial charge on any atom is -0.361 e. The first kappa shape index (κ1) is 25.0. The number of tetrazole rings is 1. The number of piperidine rings is 1. The first-order valence-electron chi connectivity index (χ1n) is 11.4. The molecule has 4 rings (SSSR count). The molecule has 0 aliphatic carbocycles. The Morgan fingerprint density at radius 2 is 1.89 bits per heavy atom. The van der Waals surface area contributed by atoms with Gasteiger partial charge in [0, 0.05) is 59.1 Å². The van der Waals surface area contributed by atoms with Gasteiger partial charge in [0.1, 0.15) is 5.82 Å². The van der Waals surface area contributed by atoms with Crippen molar-refractivity contribution in [2.75, 3.05) is 38.6 Å². The predicted molar refractivity (Wildman–Crippen MR) is 121 cm³/mol. The second-order valence-electron chi connectivity index (χ2n) is 9.09. The van der Waals surface area contributed by atoms with E-state index in [0.29, 0.717) is 44.8 Å². The van der Waals surface area contributed by atoms with Crippen LogP contribution in [0, 0.1) is 0 Å². The molecule has 3 aromatic heterocycles. The van der Waals surface area contributed by atoms with Crippen LogP contribution in [-0.4, -0.2) is 84.8 Å². The van der Waals surface area contributed by atoms with Crippen molar-refractivity contribution in [3.63, 3.8) is 0 Å². The van der Waals surface area contributed by atoms with Crippen molar-refractivity contribution < 1.29 is 13.2 Å². The van der Waals surface area contributed by atoms with Gasteiger partial charge < -0.3 is 9.80 Å². The maximum absolute atomic E-state index is 12.7. The Morgan fingerprint density at radius 3 is 2.49 bits per heavy atom. The van der Waals surface area contributed by atoms with Crippen LogP contribution >= 0.6 is 0 Å². The van der Waals surface area contributed by atoms with E-state index in [1.165, 1.54) is 0 Å². The molecular weight excluding hydrogens is 463 g/mol. The largest absolute Gasteiger partial charge is 0.390 e. The summed E-state index contributed by atoms with van der Waals surface area (Å²) >= 11 is 0. The molecule has 0 amide bonds. The van der Waals surface area contributed by atoms with Crippen LogP contribution in [0.3, 0.4) is 0 Å². The van der Waals surface area contributed by atoms with Crippen molar-refractivity contribution in [3.8, 4) is 0 Å². The molecule has 0 spiro atoms. The molecule has 0 saturated carbocycles. The van der Waals surface area contributed by atoms with E-state index in [-0.39, 0.29) is 6.54 Å². The Labute approximate surface area is 201 Å². The minimum atomic E-state index is -4.17. The molecule has 190 valence electrons. The molecule has 3 aromatic rings. The number of nitrogens with zero attached hydrogens (tertiary/aromatic N) is 10. The fourth-order valence-electron chi connectivity index (χ4n) is 4.23. The number of aromatic nitrogens is 8. The maximum Gasteiger partial charge on any atom is 0.390 e. The zero-order chi connectivity index (χ0) is 25.1. The summed E-state index contributed by atoms with van der Waals surface area (Å²) in [5.74, 6) is 1.40. The molecular formula is C21H30F3N11. The number of rotatable bonds is 9. The van der Waals surface area contributed by atoms with E-state index in [2.05, 4.69) is 35.9 Å². The van der Waals surface area contributed by atoms with Crippen molar-refractivity contribution >= 4 is 5.82 Å². The number of halogens is 3. The quantitative estimate of drug-likeness (QED) is 0.473. The van der Waals surface area contributed by atoms with E-state index in [1.54, 1.807) is 28.0 Å². The smallest absolute Gasteiger partial charge is 0.361 e. The molecule has 1 fully saturated rings. The summed E-state index contributed by atoms with van der Waals surface area (Å²) in [4.78, 5) is 12.6. The first-order valence-corrected chi connectivity index (χ1v) is 11.4. The van der Waals surface area contributed by atoms with E-state index in [9.17, 15) is 13.2 Å². The van der Waals surface area contributed by atoms with E-state index >= 15 is 0 Å². The van der Waals surface area contributed by atoms with E-state index < -0.39 is 18.1 Å². The van der Waals surface area contributed by atoms with Gasteiger partial charge in [0.15, 0.2) is 5.82 Å². The van der Waals surface area contributed by atoms with Crippen LogP contribution in [0.15, 0.2) is 24.8 Å². The summed E-state index contributed by atoms with van der Waals surface area (Å²) in [5.41, 5.74) is 1.08. The number of likely N-dealkylation sites (tertiary alicyclic amines) is 1. The second-order valence-corrected chi connectivity index (χ2v) is 9.09. The van der Waals surface area contributed by atoms with Crippen molar-refractivity contribution in [2.45, 2.75) is 44.1 Å². The zero-order valence-electron chi connectivity index (χ0n) is 20.1. The summed E-state index contributed by atoms with van der Waals surface area (Å²) < 4.78 is 41.7. The van der Waals surface area contributed by atoms with E-state index in [1.807, 2.05) is 37.1 Å². The molecule has 1 saturated heterocycles. The molecule has 0 atom stereocenters. The average molecular weight is 494 g/mol. The van der Waals surface area contributed by atoms with Gasteiger partial charge in [-0.05, 0) is 23.3 Å². The van der Waals surface area contributed by atoms with Crippen LogP contribution in [0.4, 0.5) is 19.0 Å². The Kier molecular flexibility index (Phi) is 7.31. The summed E-state index contributed by atoms with van der Waals surface area (Å²) in [7, 11) is 5.63. The lowest BCUT2D eigenvalue weighted by molar-refractivity contribution is -0.138. The lowest BCUT2D eigenvalue weighted by Gasteiger charge is -2.41. The van der Waals surface area contributed by atoms with Gasteiger partial charge in [-0.2, -0.15) is 18.3 Å². The van der Waals surface area contributed by atoms with E-state index in [0.717, 1.165) is 17.1 Å². The SMILES string of the molecule is CN(C)c1cnc(CNC2(c3nnnn3Cc3cnn(C)c3)CCN(CCC(F)(F)F)CC2)cn1. The Hall–Kier alpha value is -3.13. The Morgan fingerprint density at radius 1 is 1.11 bits per heavy atom. The zero-order valence-corrected chi connectivity index (χ0v) is 20.1. The molecule has 0 radical (unpaired) electrons. The molecule has 0 aromatic carbocycles. The summed E-state index contributed by atoms with van der Waals surface area (Å²) in [6.07, 6.45) is 3.20. The monoisotopic (exact) mass is 493 g/mol. The molecule has 14 heteroatoms. The van der Waals surface area contributed by atoms with Gasteiger partial charge in [0.05, 0.1) is 42.8 Å². The lowest BCUT2D eigenvalue weighted by atomic mass is 9.86. The van der Waals surface area contributed by atoms with Gasteiger partial charge in [-0.25, -0.2) is 9.67 Å². The standard InChI is InChI=1S/C21H30F3N11/c1-32(2)18-13-25-17(11-26-18)12-27-20(4-7-34(8-5-20)9-6-21(22,23)24)19-29-30-31-35(19)15-16-10-28-33(3)14-16/h10-11,13-14,27H,4-9,12,15H2,1-3H3. The molecule has 1 N–H and O–H groups in total. The third-order valence-electron chi connectivity index (χ3n) is 6.23. The summed E-state index contributed by atoms with van der Waals surface area (Å²) in [6.45, 7) is 1.83. The molecule has 1 aliphatic rings. The topological polar surface area (TPSA) is 106 Å². The molecule has 35 heavy (non-hydrogen) atoms. The number of aryl methyl sites for hydroxylation is 1. The molecule has 0 bridgehead atoms. The highest BCUT2D eigenvalue weighted by atomic mass is 19.4. The number of alkyl halides is 3. The summed E-state index contributed by atoms with van der Waals surface area (Å²) in [5, 5.41) is 20.2. The van der Waals surface area contributed by atoms with Gasteiger partial charge in [-0.15, -0.1) is 5.10 Å². The van der Waals surface area contributed by atoms with Gasteiger partial charge >= 0.3 is 6.18 Å². The minimum absolute atomic E-state index is 0.0162. The predicted octanol–water partition coefficient (Wildman–Crippen LogP) is 1.34. The third-order valence-corrected chi connectivity index (χ3v) is 6.23. The van der Waals surface area contributed by atoms with Crippen LogP contribution in [0.1, 0.15) is 36.3 Å². The third kappa shape index (κ3) is 6.31. The van der Waals surface area contributed by atoms with Crippen LogP contribution in [0.5, 0.6) is 0 Å². The van der Waals surface area contributed by atoms with Crippen molar-refractivity contribution in [3.05, 3.63) is 41.9 Å². The number of hydrogen-bond acceptors (Lipinski definition) is 9. The van der Waals surface area contributed by atoms with Crippen LogP contribution in [0.25, 0.3) is 0 Å². The Bertz CT molecular complexity index is 1080. The average Bonchev–Trinajstić information content (AvgIpc) is 3.46. The fourth-order valence-corrected chi connectivity index (χ4v) is 4.23. The molecule has 1 aliphatic heterocycles. The normalized spacial score (nSPS) is 16.5.